The lowest BCUT2D eigenvalue weighted by atomic mass is 10.1. The third-order valence-corrected chi connectivity index (χ3v) is 8.45. The number of unbranched alkanes of at least 4 members (excludes halogenated alkanes) is 12. The largest absolute Gasteiger partial charge is 0.593 e. The minimum atomic E-state index is -1.07. The third kappa shape index (κ3) is 12.8. The lowest BCUT2D eigenvalue weighted by Crippen LogP contribution is -2.38. The first-order valence-electron chi connectivity index (χ1n) is 14.2. The molecule has 0 bridgehead atoms. The van der Waals surface area contributed by atoms with Gasteiger partial charge in [-0.1, -0.05) is 94.6 Å². The minimum absolute atomic E-state index is 0.288. The van der Waals surface area contributed by atoms with E-state index in [-0.39, 0.29) is 6.04 Å². The molecule has 2 rings (SSSR count). The van der Waals surface area contributed by atoms with Crippen molar-refractivity contribution in [1.82, 2.24) is 4.31 Å². The van der Waals surface area contributed by atoms with Crippen LogP contribution >= 0.6 is 0 Å². The van der Waals surface area contributed by atoms with Crippen molar-refractivity contribution >= 4 is 11.4 Å². The van der Waals surface area contributed by atoms with Gasteiger partial charge in [-0.2, -0.15) is 0 Å². The van der Waals surface area contributed by atoms with Gasteiger partial charge >= 0.3 is 0 Å². The second-order valence-corrected chi connectivity index (χ2v) is 11.5. The maximum absolute atomic E-state index is 12.9. The van der Waals surface area contributed by atoms with E-state index >= 15 is 0 Å². The number of benzene rings is 1. The van der Waals surface area contributed by atoms with Crippen LogP contribution in [0.15, 0.2) is 41.3 Å². The molecule has 194 valence electrons. The van der Waals surface area contributed by atoms with Gasteiger partial charge < -0.3 is 9.29 Å². The molecule has 0 radical (unpaired) electrons. The molecule has 1 aromatic rings. The van der Waals surface area contributed by atoms with Crippen molar-refractivity contribution in [2.75, 3.05) is 19.8 Å². The van der Waals surface area contributed by atoms with Gasteiger partial charge in [-0.05, 0) is 64.0 Å². The van der Waals surface area contributed by atoms with Gasteiger partial charge in [0.05, 0.1) is 24.0 Å². The lowest BCUT2D eigenvalue weighted by molar-refractivity contribution is 0.0959. The quantitative estimate of drug-likeness (QED) is 0.105. The molecule has 3 nitrogen and oxygen atoms in total. The summed E-state index contributed by atoms with van der Waals surface area (Å²) in [6, 6.07) is 8.37. The molecule has 0 aromatic heterocycles. The second-order valence-electron chi connectivity index (χ2n) is 10.0. The maximum atomic E-state index is 12.9. The van der Waals surface area contributed by atoms with Crippen molar-refractivity contribution in [2.45, 2.75) is 128 Å². The molecule has 0 saturated carbocycles. The van der Waals surface area contributed by atoms with Crippen LogP contribution in [0.2, 0.25) is 0 Å². The Morgan fingerprint density at radius 3 is 2.12 bits per heavy atom. The van der Waals surface area contributed by atoms with Crippen molar-refractivity contribution in [2.24, 2.45) is 0 Å². The SMILES string of the molecule is CCCCCCCC/C=C\CCCCCCCCOC[C@@H]1CCCN1[S+]([O-])c1ccc(C)cc1. The number of allylic oxidation sites excluding steroid dienone is 2. The molecular weight excluding hydrogens is 438 g/mol. The van der Waals surface area contributed by atoms with Gasteiger partial charge in [-0.25, -0.2) is 0 Å². The van der Waals surface area contributed by atoms with Gasteiger partial charge in [0.25, 0.3) is 0 Å². The number of rotatable bonds is 20. The molecule has 0 amide bonds. The number of hydrogen-bond donors (Lipinski definition) is 0. The van der Waals surface area contributed by atoms with Crippen LogP contribution < -0.4 is 0 Å². The lowest BCUT2D eigenvalue weighted by Gasteiger charge is -2.25. The fourth-order valence-corrected chi connectivity index (χ4v) is 6.03. The number of hydrogen-bond acceptors (Lipinski definition) is 3. The van der Waals surface area contributed by atoms with Gasteiger partial charge in [0.1, 0.15) is 0 Å². The fourth-order valence-electron chi connectivity index (χ4n) is 4.66. The second kappa shape index (κ2) is 19.4. The Balaban J connectivity index is 1.40. The van der Waals surface area contributed by atoms with Crippen LogP contribution in [0.25, 0.3) is 0 Å². The van der Waals surface area contributed by atoms with Gasteiger partial charge in [0.15, 0.2) is 4.90 Å². The zero-order valence-electron chi connectivity index (χ0n) is 22.1. The van der Waals surface area contributed by atoms with Crippen molar-refractivity contribution in [3.8, 4) is 0 Å². The van der Waals surface area contributed by atoms with E-state index in [1.807, 2.05) is 24.3 Å². The molecule has 2 atom stereocenters. The summed E-state index contributed by atoms with van der Waals surface area (Å²) in [7, 11) is 0. The predicted octanol–water partition coefficient (Wildman–Crippen LogP) is 8.54. The third-order valence-electron chi connectivity index (χ3n) is 6.87. The Hall–Kier alpha value is -0.810. The topological polar surface area (TPSA) is 35.5 Å². The molecule has 1 aliphatic rings. The summed E-state index contributed by atoms with van der Waals surface area (Å²) in [6.45, 7) is 6.80. The van der Waals surface area contributed by atoms with E-state index < -0.39 is 11.4 Å². The van der Waals surface area contributed by atoms with E-state index in [1.54, 1.807) is 0 Å². The highest BCUT2D eigenvalue weighted by Gasteiger charge is 2.35. The Bertz CT molecular complexity index is 633. The predicted molar refractivity (Wildman–Crippen MR) is 148 cm³/mol. The van der Waals surface area contributed by atoms with E-state index in [4.69, 9.17) is 4.74 Å². The molecule has 0 aliphatic carbocycles. The summed E-state index contributed by atoms with van der Waals surface area (Å²) in [5.74, 6) is 0. The molecule has 1 aliphatic heterocycles. The molecular formula is C30H51NO2S. The van der Waals surface area contributed by atoms with Crippen LogP contribution in [0.5, 0.6) is 0 Å². The summed E-state index contributed by atoms with van der Waals surface area (Å²) >= 11 is -1.07. The van der Waals surface area contributed by atoms with Crippen LogP contribution in [0.4, 0.5) is 0 Å². The molecule has 1 saturated heterocycles. The van der Waals surface area contributed by atoms with Crippen molar-refractivity contribution < 1.29 is 9.29 Å². The zero-order chi connectivity index (χ0) is 24.3. The highest BCUT2D eigenvalue weighted by Crippen LogP contribution is 2.26. The number of ether oxygens (including phenoxy) is 1. The molecule has 1 unspecified atom stereocenters. The summed E-state index contributed by atoms with van der Waals surface area (Å²) in [5.41, 5.74) is 1.21. The van der Waals surface area contributed by atoms with Crippen LogP contribution in [-0.4, -0.2) is 34.7 Å². The fraction of sp³-hybridized carbons (Fsp3) is 0.733. The van der Waals surface area contributed by atoms with Crippen molar-refractivity contribution in [1.29, 1.82) is 0 Å². The van der Waals surface area contributed by atoms with E-state index in [0.717, 1.165) is 37.3 Å². The van der Waals surface area contributed by atoms with E-state index in [9.17, 15) is 4.55 Å². The first-order chi connectivity index (χ1) is 16.7. The summed E-state index contributed by atoms with van der Waals surface area (Å²) in [4.78, 5) is 0.908. The number of aryl methyl sites for hydroxylation is 1. The average Bonchev–Trinajstić information content (AvgIpc) is 3.32. The van der Waals surface area contributed by atoms with Crippen molar-refractivity contribution in [3.05, 3.63) is 42.0 Å². The van der Waals surface area contributed by atoms with Crippen LogP contribution in [0, 0.1) is 6.92 Å². The maximum Gasteiger partial charge on any atom is 0.174 e. The molecule has 0 spiro atoms. The minimum Gasteiger partial charge on any atom is -0.593 e. The molecule has 1 fully saturated rings. The Labute approximate surface area is 214 Å². The van der Waals surface area contributed by atoms with E-state index in [1.165, 1.54) is 89.0 Å². The standard InChI is InChI=1S/C30H51NO2S/c1-3-4-5-6-7-8-9-10-11-12-13-14-15-16-17-18-26-33-27-29-20-19-25-31(29)34(32)30-23-21-28(2)22-24-30/h10-11,21-24,29H,3-9,12-20,25-27H2,1-2H3/b11-10-/t29-,34?/m0/s1. The first-order valence-corrected chi connectivity index (χ1v) is 15.3. The van der Waals surface area contributed by atoms with Gasteiger partial charge in [0, 0.05) is 13.2 Å². The van der Waals surface area contributed by atoms with Crippen LogP contribution in [0.3, 0.4) is 0 Å². The van der Waals surface area contributed by atoms with Crippen molar-refractivity contribution in [3.63, 3.8) is 0 Å². The van der Waals surface area contributed by atoms with Gasteiger partial charge in [-0.15, -0.1) is 4.31 Å². The highest BCUT2D eigenvalue weighted by molar-refractivity contribution is 7.89. The summed E-state index contributed by atoms with van der Waals surface area (Å²) < 4.78 is 21.1. The zero-order valence-corrected chi connectivity index (χ0v) is 23.0. The Morgan fingerprint density at radius 1 is 0.882 bits per heavy atom. The van der Waals surface area contributed by atoms with Crippen LogP contribution in [-0.2, 0) is 16.1 Å². The highest BCUT2D eigenvalue weighted by atomic mass is 32.2. The molecule has 1 aromatic carbocycles. The molecule has 4 heteroatoms. The first kappa shape index (κ1) is 29.4. The van der Waals surface area contributed by atoms with E-state index in [0.29, 0.717) is 6.61 Å². The molecule has 0 N–H and O–H groups in total. The number of nitrogens with zero attached hydrogens (tertiary/aromatic N) is 1. The molecule has 34 heavy (non-hydrogen) atoms. The van der Waals surface area contributed by atoms with Gasteiger partial charge in [-0.3, -0.25) is 0 Å². The summed E-state index contributed by atoms with van der Waals surface area (Å²) in [6.07, 6.45) is 25.6. The Kier molecular flexibility index (Phi) is 16.8. The average molecular weight is 490 g/mol. The van der Waals surface area contributed by atoms with E-state index in [2.05, 4.69) is 30.3 Å². The normalized spacial score (nSPS) is 17.7. The Morgan fingerprint density at radius 2 is 1.47 bits per heavy atom. The van der Waals surface area contributed by atoms with Crippen LogP contribution in [0.1, 0.15) is 115 Å². The smallest absolute Gasteiger partial charge is 0.174 e. The summed E-state index contributed by atoms with van der Waals surface area (Å²) in [5, 5.41) is 0. The van der Waals surface area contributed by atoms with Gasteiger partial charge in [0.2, 0.25) is 0 Å². The monoisotopic (exact) mass is 489 g/mol. The molecule has 1 heterocycles.